The molecule has 0 amide bonds. The quantitative estimate of drug-likeness (QED) is 0.872. The Morgan fingerprint density at radius 3 is 2.57 bits per heavy atom. The second-order valence-electron chi connectivity index (χ2n) is 5.70. The van der Waals surface area contributed by atoms with Gasteiger partial charge in [-0.15, -0.1) is 11.3 Å². The monoisotopic (exact) mass is 330 g/mol. The van der Waals surface area contributed by atoms with Crippen molar-refractivity contribution in [3.05, 3.63) is 16.5 Å². The maximum Gasteiger partial charge on any atom is 0.252 e. The third-order valence-electron chi connectivity index (χ3n) is 4.19. The topological polar surface area (TPSA) is 49.4 Å². The molecule has 120 valence electrons. The standard InChI is InChI=1S/C15H26N2O2S2/c1-4-17(13-8-6-5-7-9-13)21(18,19)15-10-12(2)14(20-15)11-16-3/h10,13,16H,4-9,11H2,1-3H3. The zero-order valence-corrected chi connectivity index (χ0v) is 14.8. The lowest BCUT2D eigenvalue weighted by Crippen LogP contribution is -2.40. The summed E-state index contributed by atoms with van der Waals surface area (Å²) in [7, 11) is -1.46. The molecule has 6 heteroatoms. The third-order valence-corrected chi connectivity index (χ3v) is 7.91. The van der Waals surface area contributed by atoms with Gasteiger partial charge in [0.2, 0.25) is 0 Å². The zero-order chi connectivity index (χ0) is 15.5. The zero-order valence-electron chi connectivity index (χ0n) is 13.2. The normalized spacial score (nSPS) is 17.5. The van der Waals surface area contributed by atoms with Crippen molar-refractivity contribution in [3.63, 3.8) is 0 Å². The molecule has 0 radical (unpaired) electrons. The summed E-state index contributed by atoms with van der Waals surface area (Å²) >= 11 is 1.41. The van der Waals surface area contributed by atoms with Gasteiger partial charge in [0, 0.05) is 24.0 Å². The molecule has 0 atom stereocenters. The maximum absolute atomic E-state index is 12.9. The van der Waals surface area contributed by atoms with E-state index in [2.05, 4.69) is 5.32 Å². The van der Waals surface area contributed by atoms with E-state index in [0.717, 1.165) is 42.7 Å². The molecule has 21 heavy (non-hydrogen) atoms. The first-order valence-corrected chi connectivity index (χ1v) is 10.0. The molecule has 0 aliphatic heterocycles. The predicted molar refractivity (Wildman–Crippen MR) is 88.3 cm³/mol. The Morgan fingerprint density at radius 1 is 1.33 bits per heavy atom. The van der Waals surface area contributed by atoms with Gasteiger partial charge < -0.3 is 5.32 Å². The molecule has 1 aromatic heterocycles. The van der Waals surface area contributed by atoms with E-state index >= 15 is 0 Å². The molecule has 1 aliphatic carbocycles. The van der Waals surface area contributed by atoms with Gasteiger partial charge in [0.15, 0.2) is 0 Å². The summed E-state index contributed by atoms with van der Waals surface area (Å²) in [6.07, 6.45) is 5.52. The highest BCUT2D eigenvalue weighted by molar-refractivity contribution is 7.91. The number of sulfonamides is 1. The lowest BCUT2D eigenvalue weighted by molar-refractivity contribution is 0.261. The summed E-state index contributed by atoms with van der Waals surface area (Å²) in [4.78, 5) is 1.11. The highest BCUT2D eigenvalue weighted by Gasteiger charge is 2.32. The van der Waals surface area contributed by atoms with Crippen LogP contribution in [0.15, 0.2) is 10.3 Å². The summed E-state index contributed by atoms with van der Waals surface area (Å²) in [6, 6.07) is 2.02. The Morgan fingerprint density at radius 2 is 2.00 bits per heavy atom. The van der Waals surface area contributed by atoms with Crippen LogP contribution in [0.3, 0.4) is 0 Å². The van der Waals surface area contributed by atoms with Crippen molar-refractivity contribution < 1.29 is 8.42 Å². The van der Waals surface area contributed by atoms with E-state index in [1.54, 1.807) is 4.31 Å². The largest absolute Gasteiger partial charge is 0.315 e. The Labute approximate surface area is 132 Å². The van der Waals surface area contributed by atoms with E-state index < -0.39 is 10.0 Å². The number of nitrogens with one attached hydrogen (secondary N) is 1. The Balaban J connectivity index is 2.28. The van der Waals surface area contributed by atoms with Crippen LogP contribution in [-0.2, 0) is 16.6 Å². The molecule has 1 fully saturated rings. The molecule has 2 rings (SSSR count). The van der Waals surface area contributed by atoms with E-state index in [1.165, 1.54) is 17.8 Å². The molecule has 1 aromatic rings. The van der Waals surface area contributed by atoms with Gasteiger partial charge in [0.25, 0.3) is 10.0 Å². The van der Waals surface area contributed by atoms with Crippen LogP contribution in [-0.4, -0.2) is 32.4 Å². The highest BCUT2D eigenvalue weighted by atomic mass is 32.2. The molecule has 1 saturated carbocycles. The molecule has 0 bridgehead atoms. The SMILES string of the molecule is CCN(C1CCCCC1)S(=O)(=O)c1cc(C)c(CNC)s1. The van der Waals surface area contributed by atoms with Gasteiger partial charge in [-0.05, 0) is 38.4 Å². The molecular weight excluding hydrogens is 304 g/mol. The Bertz CT molecular complexity index is 560. The van der Waals surface area contributed by atoms with Gasteiger partial charge in [-0.3, -0.25) is 0 Å². The average molecular weight is 331 g/mol. The predicted octanol–water partition coefficient (Wildman–Crippen LogP) is 3.12. The number of aryl methyl sites for hydroxylation is 1. The number of rotatable bonds is 6. The van der Waals surface area contributed by atoms with Crippen LogP contribution in [0.4, 0.5) is 0 Å². The van der Waals surface area contributed by atoms with Gasteiger partial charge >= 0.3 is 0 Å². The minimum atomic E-state index is -3.35. The van der Waals surface area contributed by atoms with Crippen LogP contribution >= 0.6 is 11.3 Å². The van der Waals surface area contributed by atoms with Crippen molar-refractivity contribution in [3.8, 4) is 0 Å². The molecule has 1 aliphatic rings. The summed E-state index contributed by atoms with van der Waals surface area (Å²) < 4.78 is 28.1. The minimum absolute atomic E-state index is 0.184. The second kappa shape index (κ2) is 7.22. The van der Waals surface area contributed by atoms with Crippen LogP contribution in [0.5, 0.6) is 0 Å². The molecule has 1 N–H and O–H groups in total. The van der Waals surface area contributed by atoms with Crippen LogP contribution in [0.25, 0.3) is 0 Å². The van der Waals surface area contributed by atoms with Gasteiger partial charge in [-0.2, -0.15) is 4.31 Å². The fourth-order valence-corrected chi connectivity index (χ4v) is 6.49. The maximum atomic E-state index is 12.9. The summed E-state index contributed by atoms with van der Waals surface area (Å²) in [5.74, 6) is 0. The fraction of sp³-hybridized carbons (Fsp3) is 0.733. The molecule has 0 spiro atoms. The van der Waals surface area contributed by atoms with Crippen LogP contribution in [0.2, 0.25) is 0 Å². The number of nitrogens with zero attached hydrogens (tertiary/aromatic N) is 1. The first-order chi connectivity index (χ1) is 10.0. The van der Waals surface area contributed by atoms with Crippen molar-refractivity contribution in [2.24, 2.45) is 0 Å². The summed E-state index contributed by atoms with van der Waals surface area (Å²) in [5, 5.41) is 3.10. The third kappa shape index (κ3) is 3.67. The first-order valence-electron chi connectivity index (χ1n) is 7.76. The van der Waals surface area contributed by atoms with Crippen LogP contribution in [0, 0.1) is 6.92 Å². The van der Waals surface area contributed by atoms with Crippen molar-refractivity contribution in [2.75, 3.05) is 13.6 Å². The lowest BCUT2D eigenvalue weighted by Gasteiger charge is -2.32. The minimum Gasteiger partial charge on any atom is -0.315 e. The summed E-state index contributed by atoms with van der Waals surface area (Å²) in [5.41, 5.74) is 1.06. The Kier molecular flexibility index (Phi) is 5.82. The van der Waals surface area contributed by atoms with Gasteiger partial charge in [0.05, 0.1) is 0 Å². The molecule has 0 unspecified atom stereocenters. The van der Waals surface area contributed by atoms with Crippen molar-refractivity contribution in [2.45, 2.75) is 62.7 Å². The van der Waals surface area contributed by atoms with Crippen molar-refractivity contribution in [1.82, 2.24) is 9.62 Å². The van der Waals surface area contributed by atoms with Crippen LogP contribution in [0.1, 0.15) is 49.5 Å². The second-order valence-corrected chi connectivity index (χ2v) is 8.96. The van der Waals surface area contributed by atoms with E-state index in [9.17, 15) is 8.42 Å². The smallest absolute Gasteiger partial charge is 0.252 e. The van der Waals surface area contributed by atoms with E-state index in [0.29, 0.717) is 10.8 Å². The van der Waals surface area contributed by atoms with Gasteiger partial charge in [-0.25, -0.2) is 8.42 Å². The molecule has 0 saturated heterocycles. The number of hydrogen-bond acceptors (Lipinski definition) is 4. The van der Waals surface area contributed by atoms with Gasteiger partial charge in [0.1, 0.15) is 4.21 Å². The number of hydrogen-bond donors (Lipinski definition) is 1. The van der Waals surface area contributed by atoms with Gasteiger partial charge in [-0.1, -0.05) is 26.2 Å². The molecular formula is C15H26N2O2S2. The van der Waals surface area contributed by atoms with E-state index in [4.69, 9.17) is 0 Å². The van der Waals surface area contributed by atoms with Crippen LogP contribution < -0.4 is 5.32 Å². The first kappa shape index (κ1) is 16.9. The molecule has 0 aromatic carbocycles. The van der Waals surface area contributed by atoms with Crippen molar-refractivity contribution in [1.29, 1.82) is 0 Å². The average Bonchev–Trinajstić information content (AvgIpc) is 2.83. The van der Waals surface area contributed by atoms with E-state index in [-0.39, 0.29) is 6.04 Å². The molecule has 1 heterocycles. The molecule has 4 nitrogen and oxygen atoms in total. The van der Waals surface area contributed by atoms with Crippen molar-refractivity contribution >= 4 is 21.4 Å². The van der Waals surface area contributed by atoms with E-state index in [1.807, 2.05) is 27.0 Å². The fourth-order valence-electron chi connectivity index (χ4n) is 3.06. The summed E-state index contributed by atoms with van der Waals surface area (Å²) in [6.45, 7) is 5.22. The lowest BCUT2D eigenvalue weighted by atomic mass is 9.95. The number of thiophene rings is 1. The highest BCUT2D eigenvalue weighted by Crippen LogP contribution is 2.32. The Hall–Kier alpha value is -0.430.